The maximum absolute atomic E-state index is 14.0. The number of ether oxygens (including phenoxy) is 2. The Hall–Kier alpha value is -4.05. The quantitative estimate of drug-likeness (QED) is 0.366. The van der Waals surface area contributed by atoms with Crippen LogP contribution in [0, 0.1) is 6.92 Å². The number of hydrogen-bond acceptors (Lipinski definition) is 6. The molecule has 0 aliphatic rings. The average molecular weight is 554 g/mol. The van der Waals surface area contributed by atoms with Crippen molar-refractivity contribution in [2.75, 3.05) is 32.1 Å². The molecule has 0 aliphatic carbocycles. The smallest absolute Gasteiger partial charge is 0.264 e. The fourth-order valence-electron chi connectivity index (χ4n) is 4.20. The van der Waals surface area contributed by atoms with Gasteiger partial charge in [-0.15, -0.1) is 0 Å². The Morgan fingerprint density at radius 1 is 0.923 bits per heavy atom. The minimum absolute atomic E-state index is 0.0341. The largest absolute Gasteiger partial charge is 0.497 e. The van der Waals surface area contributed by atoms with Gasteiger partial charge < -0.3 is 19.7 Å². The molecule has 3 aromatic carbocycles. The number of carbonyl (C=O) groups excluding carboxylic acids is 2. The standard InChI is InChI=1S/C29H35N3O6S/c1-6-25(29(34)30-3)31(19-22-13-15-23(37-4)16-14-22)28(33)20-32(26-9-7-8-10-27(26)38-5)39(35,36)24-17-11-21(2)12-18-24/h7-18,25H,6,19-20H2,1-5H3,(H,30,34). The first-order chi connectivity index (χ1) is 18.7. The van der Waals surface area contributed by atoms with Gasteiger partial charge in [-0.3, -0.25) is 13.9 Å². The van der Waals surface area contributed by atoms with E-state index in [1.54, 1.807) is 74.7 Å². The number of methoxy groups -OCH3 is 2. The van der Waals surface area contributed by atoms with Crippen LogP contribution in [0.2, 0.25) is 0 Å². The Morgan fingerprint density at radius 3 is 2.13 bits per heavy atom. The van der Waals surface area contributed by atoms with Gasteiger partial charge in [-0.25, -0.2) is 8.42 Å². The number of likely N-dealkylation sites (N-methyl/N-ethyl adjacent to an activating group) is 1. The molecule has 9 nitrogen and oxygen atoms in total. The van der Waals surface area contributed by atoms with E-state index >= 15 is 0 Å². The number of rotatable bonds is 12. The van der Waals surface area contributed by atoms with Gasteiger partial charge in [0.15, 0.2) is 0 Å². The van der Waals surface area contributed by atoms with Gasteiger partial charge in [0.2, 0.25) is 11.8 Å². The summed E-state index contributed by atoms with van der Waals surface area (Å²) in [5, 5.41) is 2.62. The van der Waals surface area contributed by atoms with E-state index in [4.69, 9.17) is 9.47 Å². The van der Waals surface area contributed by atoms with Crippen molar-refractivity contribution in [3.8, 4) is 11.5 Å². The molecule has 0 saturated carbocycles. The number of carbonyl (C=O) groups is 2. The Morgan fingerprint density at radius 2 is 1.56 bits per heavy atom. The Balaban J connectivity index is 2.08. The highest BCUT2D eigenvalue weighted by Crippen LogP contribution is 2.32. The van der Waals surface area contributed by atoms with E-state index in [1.165, 1.54) is 31.2 Å². The lowest BCUT2D eigenvalue weighted by molar-refractivity contribution is -0.140. The SMILES string of the molecule is CCC(C(=O)NC)N(Cc1ccc(OC)cc1)C(=O)CN(c1ccccc1OC)S(=O)(=O)c1ccc(C)cc1. The zero-order valence-corrected chi connectivity index (χ0v) is 23.7. The summed E-state index contributed by atoms with van der Waals surface area (Å²) >= 11 is 0. The number of sulfonamides is 1. The fourth-order valence-corrected chi connectivity index (χ4v) is 5.63. The molecule has 3 rings (SSSR count). The number of nitrogens with one attached hydrogen (secondary N) is 1. The van der Waals surface area contributed by atoms with Crippen LogP contribution < -0.4 is 19.1 Å². The molecule has 10 heteroatoms. The number of anilines is 1. The molecule has 208 valence electrons. The van der Waals surface area contributed by atoms with Gasteiger partial charge >= 0.3 is 0 Å². The second-order valence-electron chi connectivity index (χ2n) is 8.90. The van der Waals surface area contributed by atoms with Crippen LogP contribution in [0.1, 0.15) is 24.5 Å². The first-order valence-corrected chi connectivity index (χ1v) is 14.0. The Bertz CT molecular complexity index is 1370. The molecule has 0 spiro atoms. The van der Waals surface area contributed by atoms with Crippen LogP contribution in [0.15, 0.2) is 77.7 Å². The van der Waals surface area contributed by atoms with Crippen molar-refractivity contribution in [1.82, 2.24) is 10.2 Å². The van der Waals surface area contributed by atoms with Gasteiger partial charge in [-0.2, -0.15) is 0 Å². The van der Waals surface area contributed by atoms with Crippen molar-refractivity contribution >= 4 is 27.5 Å². The third kappa shape index (κ3) is 6.88. The summed E-state index contributed by atoms with van der Waals surface area (Å²) in [5.74, 6) is 0.0648. The van der Waals surface area contributed by atoms with E-state index in [0.29, 0.717) is 17.9 Å². The molecule has 0 fully saturated rings. The molecule has 1 N–H and O–H groups in total. The first kappa shape index (κ1) is 29.5. The summed E-state index contributed by atoms with van der Waals surface area (Å²) < 4.78 is 39.6. The van der Waals surface area contributed by atoms with Crippen LogP contribution in [-0.2, 0) is 26.2 Å². The van der Waals surface area contributed by atoms with Crippen LogP contribution in [-0.4, -0.2) is 59.0 Å². The minimum Gasteiger partial charge on any atom is -0.497 e. The molecular formula is C29H35N3O6S. The van der Waals surface area contributed by atoms with Crippen molar-refractivity contribution in [2.24, 2.45) is 0 Å². The summed E-state index contributed by atoms with van der Waals surface area (Å²) in [6.07, 6.45) is 0.334. The number of benzene rings is 3. The van der Waals surface area contributed by atoms with Gasteiger partial charge in [0, 0.05) is 13.6 Å². The lowest BCUT2D eigenvalue weighted by Gasteiger charge is -2.33. The van der Waals surface area contributed by atoms with Gasteiger partial charge in [0.1, 0.15) is 24.1 Å². The van der Waals surface area contributed by atoms with E-state index < -0.39 is 28.5 Å². The molecule has 1 unspecified atom stereocenters. The average Bonchev–Trinajstić information content (AvgIpc) is 2.95. The molecule has 0 radical (unpaired) electrons. The van der Waals surface area contributed by atoms with E-state index in [1.807, 2.05) is 6.92 Å². The van der Waals surface area contributed by atoms with E-state index in [9.17, 15) is 18.0 Å². The maximum Gasteiger partial charge on any atom is 0.264 e. The van der Waals surface area contributed by atoms with E-state index in [0.717, 1.165) is 15.4 Å². The highest BCUT2D eigenvalue weighted by Gasteiger charge is 2.34. The van der Waals surface area contributed by atoms with Gasteiger partial charge in [-0.05, 0) is 55.3 Å². The predicted molar refractivity (Wildman–Crippen MR) is 150 cm³/mol. The van der Waals surface area contributed by atoms with Crippen LogP contribution in [0.4, 0.5) is 5.69 Å². The Labute approximate surface area is 230 Å². The van der Waals surface area contributed by atoms with Crippen LogP contribution >= 0.6 is 0 Å². The van der Waals surface area contributed by atoms with Crippen molar-refractivity contribution in [3.05, 3.63) is 83.9 Å². The van der Waals surface area contributed by atoms with E-state index in [-0.39, 0.29) is 23.0 Å². The minimum atomic E-state index is -4.18. The monoisotopic (exact) mass is 553 g/mol. The van der Waals surface area contributed by atoms with E-state index in [2.05, 4.69) is 5.32 Å². The molecule has 0 bridgehead atoms. The van der Waals surface area contributed by atoms with Gasteiger partial charge in [0.25, 0.3) is 10.0 Å². The fraction of sp³-hybridized carbons (Fsp3) is 0.310. The molecule has 3 aromatic rings. The molecular weight excluding hydrogens is 518 g/mol. The lowest BCUT2D eigenvalue weighted by Crippen LogP contribution is -2.51. The number of nitrogens with zero attached hydrogens (tertiary/aromatic N) is 2. The summed E-state index contributed by atoms with van der Waals surface area (Å²) in [4.78, 5) is 28.2. The van der Waals surface area contributed by atoms with Crippen molar-refractivity contribution in [1.29, 1.82) is 0 Å². The molecule has 0 heterocycles. The molecule has 0 aromatic heterocycles. The summed E-state index contributed by atoms with van der Waals surface area (Å²) in [6.45, 7) is 3.22. The summed E-state index contributed by atoms with van der Waals surface area (Å²) in [5.41, 5.74) is 1.87. The third-order valence-corrected chi connectivity index (χ3v) is 8.16. The molecule has 2 amide bonds. The highest BCUT2D eigenvalue weighted by molar-refractivity contribution is 7.92. The zero-order chi connectivity index (χ0) is 28.6. The maximum atomic E-state index is 14.0. The summed E-state index contributed by atoms with van der Waals surface area (Å²) in [6, 6.07) is 19.3. The van der Waals surface area contributed by atoms with Crippen LogP contribution in [0.25, 0.3) is 0 Å². The topological polar surface area (TPSA) is 105 Å². The Kier molecular flexibility index (Phi) is 9.95. The third-order valence-electron chi connectivity index (χ3n) is 6.39. The second-order valence-corrected chi connectivity index (χ2v) is 10.8. The normalized spacial score (nSPS) is 11.8. The number of aryl methyl sites for hydroxylation is 1. The van der Waals surface area contributed by atoms with Crippen LogP contribution in [0.5, 0.6) is 11.5 Å². The number of hydrogen-bond donors (Lipinski definition) is 1. The summed E-state index contributed by atoms with van der Waals surface area (Å²) in [7, 11) is 0.317. The molecule has 0 aliphatic heterocycles. The van der Waals surface area contributed by atoms with Crippen LogP contribution in [0.3, 0.4) is 0 Å². The van der Waals surface area contributed by atoms with Crippen molar-refractivity contribution in [2.45, 2.75) is 37.8 Å². The predicted octanol–water partition coefficient (Wildman–Crippen LogP) is 3.76. The zero-order valence-electron chi connectivity index (χ0n) is 22.9. The highest BCUT2D eigenvalue weighted by atomic mass is 32.2. The number of amides is 2. The second kappa shape index (κ2) is 13.1. The van der Waals surface area contributed by atoms with Gasteiger partial charge in [-0.1, -0.05) is 48.9 Å². The molecule has 0 saturated heterocycles. The van der Waals surface area contributed by atoms with Crippen molar-refractivity contribution < 1.29 is 27.5 Å². The van der Waals surface area contributed by atoms with Gasteiger partial charge in [0.05, 0.1) is 24.8 Å². The lowest BCUT2D eigenvalue weighted by atomic mass is 10.1. The first-order valence-electron chi connectivity index (χ1n) is 12.5. The molecule has 1 atom stereocenters. The van der Waals surface area contributed by atoms with Crippen molar-refractivity contribution in [3.63, 3.8) is 0 Å². The number of para-hydroxylation sites is 2. The molecule has 39 heavy (non-hydrogen) atoms.